The second-order valence-corrected chi connectivity index (χ2v) is 9.26. The maximum absolute atomic E-state index is 12.6. The van der Waals surface area contributed by atoms with Gasteiger partial charge in [0, 0.05) is 10.3 Å². The zero-order valence-corrected chi connectivity index (χ0v) is 16.7. The zero-order valence-electron chi connectivity index (χ0n) is 15.0. The minimum absolute atomic E-state index is 0.0836. The summed E-state index contributed by atoms with van der Waals surface area (Å²) in [6, 6.07) is 8.61. The van der Waals surface area contributed by atoms with Crippen molar-refractivity contribution in [2.45, 2.75) is 49.6 Å². The van der Waals surface area contributed by atoms with Gasteiger partial charge in [0.2, 0.25) is 5.91 Å². The van der Waals surface area contributed by atoms with Gasteiger partial charge in [-0.25, -0.2) is 9.97 Å². The largest absolute Gasteiger partial charge is 0.349 e. The first-order valence-electron chi connectivity index (χ1n) is 9.55. The van der Waals surface area contributed by atoms with Crippen molar-refractivity contribution in [2.75, 3.05) is 5.75 Å². The third-order valence-electron chi connectivity index (χ3n) is 5.51. The van der Waals surface area contributed by atoms with E-state index in [9.17, 15) is 4.79 Å². The van der Waals surface area contributed by atoms with E-state index in [4.69, 9.17) is 0 Å². The number of rotatable bonds is 4. The molecular weight excluding hydrogens is 374 g/mol. The van der Waals surface area contributed by atoms with Crippen LogP contribution < -0.4 is 5.32 Å². The van der Waals surface area contributed by atoms with Crippen LogP contribution in [0.15, 0.2) is 35.6 Å². The summed E-state index contributed by atoms with van der Waals surface area (Å²) in [5.74, 6) is 0.482. The fourth-order valence-electron chi connectivity index (χ4n) is 4.28. The molecule has 3 aromatic rings. The number of thiophene rings is 1. The van der Waals surface area contributed by atoms with E-state index in [0.29, 0.717) is 5.75 Å². The molecule has 2 aliphatic carbocycles. The van der Waals surface area contributed by atoms with Gasteiger partial charge in [0.25, 0.3) is 0 Å². The number of aromatic nitrogens is 2. The van der Waals surface area contributed by atoms with Crippen LogP contribution in [0.3, 0.4) is 0 Å². The average molecular weight is 396 g/mol. The van der Waals surface area contributed by atoms with Crippen LogP contribution in [0.1, 0.15) is 46.9 Å². The van der Waals surface area contributed by atoms with E-state index < -0.39 is 0 Å². The van der Waals surface area contributed by atoms with Crippen LogP contribution in [0.5, 0.6) is 0 Å². The number of carbonyl (C=O) groups is 1. The van der Waals surface area contributed by atoms with Crippen LogP contribution in [0.2, 0.25) is 0 Å². The highest BCUT2D eigenvalue weighted by Gasteiger charge is 2.23. The molecule has 0 fully saturated rings. The Kier molecular flexibility index (Phi) is 4.61. The fourth-order valence-corrected chi connectivity index (χ4v) is 6.41. The first kappa shape index (κ1) is 17.2. The van der Waals surface area contributed by atoms with Crippen molar-refractivity contribution < 1.29 is 4.79 Å². The number of aryl methyl sites for hydroxylation is 3. The van der Waals surface area contributed by atoms with Crippen molar-refractivity contribution in [3.8, 4) is 0 Å². The lowest BCUT2D eigenvalue weighted by molar-refractivity contribution is -0.119. The molecular formula is C21H21N3OS2. The number of thioether (sulfide) groups is 1. The molecule has 0 saturated carbocycles. The molecule has 2 heterocycles. The third kappa shape index (κ3) is 3.25. The molecule has 5 rings (SSSR count). The Hall–Kier alpha value is -1.92. The molecule has 27 heavy (non-hydrogen) atoms. The van der Waals surface area contributed by atoms with E-state index in [2.05, 4.69) is 39.6 Å². The first-order valence-corrected chi connectivity index (χ1v) is 11.3. The van der Waals surface area contributed by atoms with Gasteiger partial charge in [0.15, 0.2) is 0 Å². The van der Waals surface area contributed by atoms with Gasteiger partial charge in [-0.15, -0.1) is 11.3 Å². The van der Waals surface area contributed by atoms with Crippen LogP contribution in [0, 0.1) is 0 Å². The number of hydrogen-bond acceptors (Lipinski definition) is 5. The molecule has 1 atom stereocenters. The summed E-state index contributed by atoms with van der Waals surface area (Å²) < 4.78 is 0. The summed E-state index contributed by atoms with van der Waals surface area (Å²) in [4.78, 5) is 24.1. The van der Waals surface area contributed by atoms with Crippen molar-refractivity contribution >= 4 is 39.2 Å². The molecule has 6 heteroatoms. The Morgan fingerprint density at radius 3 is 3.07 bits per heavy atom. The topological polar surface area (TPSA) is 54.9 Å². The quantitative estimate of drug-likeness (QED) is 0.523. The summed E-state index contributed by atoms with van der Waals surface area (Å²) in [5.41, 5.74) is 4.06. The van der Waals surface area contributed by atoms with Crippen molar-refractivity contribution in [1.29, 1.82) is 0 Å². The van der Waals surface area contributed by atoms with E-state index in [0.717, 1.165) is 42.0 Å². The van der Waals surface area contributed by atoms with Gasteiger partial charge in [0.05, 0.1) is 11.8 Å². The van der Waals surface area contributed by atoms with Gasteiger partial charge >= 0.3 is 0 Å². The molecule has 0 unspecified atom stereocenters. The lowest BCUT2D eigenvalue weighted by atomic mass is 9.88. The molecule has 2 aromatic heterocycles. The van der Waals surface area contributed by atoms with Crippen molar-refractivity contribution in [1.82, 2.24) is 15.3 Å². The Labute approximate surface area is 166 Å². The maximum Gasteiger partial charge on any atom is 0.230 e. The van der Waals surface area contributed by atoms with E-state index in [-0.39, 0.29) is 11.9 Å². The van der Waals surface area contributed by atoms with E-state index in [1.807, 2.05) is 0 Å². The van der Waals surface area contributed by atoms with Crippen molar-refractivity contribution in [2.24, 2.45) is 0 Å². The van der Waals surface area contributed by atoms with Gasteiger partial charge < -0.3 is 5.32 Å². The molecule has 2 aliphatic rings. The van der Waals surface area contributed by atoms with Gasteiger partial charge in [-0.05, 0) is 55.2 Å². The number of nitrogens with one attached hydrogen (secondary N) is 1. The monoisotopic (exact) mass is 395 g/mol. The molecule has 0 aliphatic heterocycles. The highest BCUT2D eigenvalue weighted by Crippen LogP contribution is 2.40. The predicted molar refractivity (Wildman–Crippen MR) is 110 cm³/mol. The lowest BCUT2D eigenvalue weighted by Gasteiger charge is -2.26. The van der Waals surface area contributed by atoms with Crippen molar-refractivity contribution in [3.05, 3.63) is 52.2 Å². The molecule has 1 aromatic carbocycles. The van der Waals surface area contributed by atoms with Crippen LogP contribution in [-0.4, -0.2) is 21.6 Å². The number of fused-ring (bicyclic) bond motifs is 4. The molecule has 1 N–H and O–H groups in total. The highest BCUT2D eigenvalue weighted by atomic mass is 32.2. The SMILES string of the molecule is O=C(CSc1ncnc2sc3c(c12)CCC3)N[C@@H]1CCCc2ccccc21. The predicted octanol–water partition coefficient (Wildman–Crippen LogP) is 4.47. The van der Waals surface area contributed by atoms with E-state index >= 15 is 0 Å². The number of nitrogens with zero attached hydrogens (tertiary/aromatic N) is 2. The summed E-state index contributed by atoms with van der Waals surface area (Å²) in [5, 5.41) is 5.39. The second kappa shape index (κ2) is 7.24. The smallest absolute Gasteiger partial charge is 0.230 e. The molecule has 0 saturated heterocycles. The summed E-state index contributed by atoms with van der Waals surface area (Å²) >= 11 is 3.33. The van der Waals surface area contributed by atoms with E-state index in [1.54, 1.807) is 29.4 Å². The molecule has 0 bridgehead atoms. The third-order valence-corrected chi connectivity index (χ3v) is 7.70. The maximum atomic E-state index is 12.6. The van der Waals surface area contributed by atoms with Crippen LogP contribution >= 0.6 is 23.1 Å². The fraction of sp³-hybridized carbons (Fsp3) is 0.381. The molecule has 4 nitrogen and oxygen atoms in total. The Bertz CT molecular complexity index is 1010. The first-order chi connectivity index (χ1) is 13.3. The molecule has 138 valence electrons. The Balaban J connectivity index is 1.30. The van der Waals surface area contributed by atoms with Gasteiger partial charge in [0.1, 0.15) is 16.2 Å². The number of hydrogen-bond donors (Lipinski definition) is 1. The molecule has 0 spiro atoms. The molecule has 1 amide bonds. The van der Waals surface area contributed by atoms with E-state index in [1.165, 1.54) is 33.4 Å². The number of carbonyl (C=O) groups excluding carboxylic acids is 1. The van der Waals surface area contributed by atoms with Gasteiger partial charge in [-0.3, -0.25) is 4.79 Å². The van der Waals surface area contributed by atoms with Crippen molar-refractivity contribution in [3.63, 3.8) is 0 Å². The van der Waals surface area contributed by atoms with Gasteiger partial charge in [-0.1, -0.05) is 36.0 Å². The minimum Gasteiger partial charge on any atom is -0.349 e. The average Bonchev–Trinajstić information content (AvgIpc) is 3.28. The summed E-state index contributed by atoms with van der Waals surface area (Å²) in [6.07, 6.45) is 8.37. The standard InChI is InChI=1S/C21H21N3OS2/c25-18(24-16-9-3-6-13-5-1-2-7-14(13)16)11-26-20-19-15-8-4-10-17(15)27-21(19)23-12-22-20/h1-2,5,7,12,16H,3-4,6,8-11H2,(H,24,25)/t16-/m1/s1. The van der Waals surface area contributed by atoms with Crippen LogP contribution in [-0.2, 0) is 24.1 Å². The summed E-state index contributed by atoms with van der Waals surface area (Å²) in [6.45, 7) is 0. The normalized spacial score (nSPS) is 18.3. The van der Waals surface area contributed by atoms with Gasteiger partial charge in [-0.2, -0.15) is 0 Å². The Morgan fingerprint density at radius 1 is 1.19 bits per heavy atom. The lowest BCUT2D eigenvalue weighted by Crippen LogP contribution is -2.32. The van der Waals surface area contributed by atoms with Crippen LogP contribution in [0.4, 0.5) is 0 Å². The van der Waals surface area contributed by atoms with Crippen LogP contribution in [0.25, 0.3) is 10.2 Å². The minimum atomic E-state index is 0.0836. The number of benzene rings is 1. The second-order valence-electron chi connectivity index (χ2n) is 7.22. The molecule has 0 radical (unpaired) electrons. The highest BCUT2D eigenvalue weighted by molar-refractivity contribution is 8.00. The Morgan fingerprint density at radius 2 is 2.11 bits per heavy atom. The number of amides is 1. The zero-order chi connectivity index (χ0) is 18.2. The summed E-state index contributed by atoms with van der Waals surface area (Å²) in [7, 11) is 0.